The fourth-order valence-corrected chi connectivity index (χ4v) is 1.92. The third-order valence-corrected chi connectivity index (χ3v) is 2.70. The molecule has 0 aromatic heterocycles. The summed E-state index contributed by atoms with van der Waals surface area (Å²) in [6, 6.07) is -0.353. The third kappa shape index (κ3) is 11.3. The van der Waals surface area contributed by atoms with E-state index in [0.717, 1.165) is 6.42 Å². The van der Waals surface area contributed by atoms with Gasteiger partial charge in [-0.1, -0.05) is 13.8 Å². The Hall–Kier alpha value is -1.79. The summed E-state index contributed by atoms with van der Waals surface area (Å²) in [5.74, 6) is -0.964. The van der Waals surface area contributed by atoms with Gasteiger partial charge in [0.05, 0.1) is 0 Å². The van der Waals surface area contributed by atoms with Crippen LogP contribution in [0.15, 0.2) is 0 Å². The monoisotopic (exact) mass is 287 g/mol. The minimum Gasteiger partial charge on any atom is -0.481 e. The maximum absolute atomic E-state index is 11.5. The number of hydrogen-bond donors (Lipinski definition) is 4. The molecule has 0 aromatic carbocycles. The summed E-state index contributed by atoms with van der Waals surface area (Å²) in [6.45, 7) is 4.71. The topological polar surface area (TPSA) is 122 Å². The Kier molecular flexibility index (Phi) is 9.15. The number of carboxylic acid groups (broad SMARTS) is 1. The minimum atomic E-state index is -0.862. The van der Waals surface area contributed by atoms with Crippen molar-refractivity contribution in [3.05, 3.63) is 0 Å². The van der Waals surface area contributed by atoms with Crippen LogP contribution in [0.4, 0.5) is 4.79 Å². The molecular formula is C13H25N3O4. The molecule has 0 spiro atoms. The number of carbonyl (C=O) groups is 3. The fraction of sp³-hybridized carbons (Fsp3) is 0.769. The lowest BCUT2D eigenvalue weighted by molar-refractivity contribution is -0.138. The quantitative estimate of drug-likeness (QED) is 0.441. The number of aliphatic carboxylic acids is 1. The second-order valence-electron chi connectivity index (χ2n) is 5.30. The molecule has 0 aliphatic rings. The van der Waals surface area contributed by atoms with Crippen molar-refractivity contribution in [2.45, 2.75) is 39.5 Å². The first-order valence-electron chi connectivity index (χ1n) is 6.83. The molecule has 0 saturated carbocycles. The van der Waals surface area contributed by atoms with E-state index in [0.29, 0.717) is 25.4 Å². The molecule has 7 nitrogen and oxygen atoms in total. The molecular weight excluding hydrogens is 262 g/mol. The average Bonchev–Trinajstić information content (AvgIpc) is 2.30. The first-order valence-corrected chi connectivity index (χ1v) is 6.83. The van der Waals surface area contributed by atoms with Crippen LogP contribution < -0.4 is 16.4 Å². The summed E-state index contributed by atoms with van der Waals surface area (Å²) in [5, 5.41) is 14.1. The van der Waals surface area contributed by atoms with Gasteiger partial charge in [-0.2, -0.15) is 0 Å². The molecule has 0 aliphatic heterocycles. The first kappa shape index (κ1) is 18.2. The molecule has 1 unspecified atom stereocenters. The molecule has 0 bridgehead atoms. The summed E-state index contributed by atoms with van der Waals surface area (Å²) in [6.07, 6.45) is 1.51. The average molecular weight is 287 g/mol. The van der Waals surface area contributed by atoms with Gasteiger partial charge >= 0.3 is 12.0 Å². The number of carbonyl (C=O) groups excluding carboxylic acids is 2. The highest BCUT2D eigenvalue weighted by atomic mass is 16.4. The Bertz CT molecular complexity index is 332. The Morgan fingerprint density at radius 1 is 1.20 bits per heavy atom. The molecule has 3 amide bonds. The van der Waals surface area contributed by atoms with E-state index in [1.54, 1.807) is 0 Å². The van der Waals surface area contributed by atoms with Crippen LogP contribution in [0.1, 0.15) is 39.5 Å². The van der Waals surface area contributed by atoms with Gasteiger partial charge in [0.25, 0.3) is 0 Å². The van der Waals surface area contributed by atoms with E-state index in [1.165, 1.54) is 0 Å². The Morgan fingerprint density at radius 2 is 1.85 bits per heavy atom. The molecule has 5 N–H and O–H groups in total. The van der Waals surface area contributed by atoms with Gasteiger partial charge in [-0.05, 0) is 24.7 Å². The lowest BCUT2D eigenvalue weighted by Crippen LogP contribution is -2.39. The van der Waals surface area contributed by atoms with E-state index >= 15 is 0 Å². The smallest absolute Gasteiger partial charge is 0.314 e. The maximum Gasteiger partial charge on any atom is 0.314 e. The molecule has 0 aliphatic carbocycles. The molecule has 116 valence electrons. The van der Waals surface area contributed by atoms with Crippen molar-refractivity contribution >= 4 is 17.9 Å². The standard InChI is InChI=1S/C13H25N3O4/c1-9(2)6-10(7-12(18)19)8-16-13(20)15-5-3-4-11(14)17/h9-10H,3-8H2,1-2H3,(H2,14,17)(H,18,19)(H2,15,16,20). The number of urea groups is 1. The summed E-state index contributed by atoms with van der Waals surface area (Å²) in [7, 11) is 0. The Morgan fingerprint density at radius 3 is 2.35 bits per heavy atom. The zero-order valence-corrected chi connectivity index (χ0v) is 12.1. The van der Waals surface area contributed by atoms with Crippen LogP contribution in [0.2, 0.25) is 0 Å². The lowest BCUT2D eigenvalue weighted by Gasteiger charge is -2.18. The highest BCUT2D eigenvalue weighted by molar-refractivity contribution is 5.75. The molecule has 0 rings (SSSR count). The molecule has 0 aromatic rings. The van der Waals surface area contributed by atoms with Crippen LogP contribution >= 0.6 is 0 Å². The second kappa shape index (κ2) is 10.1. The van der Waals surface area contributed by atoms with Crippen molar-refractivity contribution in [2.75, 3.05) is 13.1 Å². The molecule has 7 heteroatoms. The third-order valence-electron chi connectivity index (χ3n) is 2.70. The van der Waals surface area contributed by atoms with Gasteiger partial charge in [0.2, 0.25) is 5.91 Å². The highest BCUT2D eigenvalue weighted by Crippen LogP contribution is 2.14. The van der Waals surface area contributed by atoms with Gasteiger partial charge in [0.15, 0.2) is 0 Å². The zero-order chi connectivity index (χ0) is 15.5. The molecule has 20 heavy (non-hydrogen) atoms. The van der Waals surface area contributed by atoms with E-state index in [1.807, 2.05) is 13.8 Å². The largest absolute Gasteiger partial charge is 0.481 e. The molecule has 0 heterocycles. The predicted molar refractivity (Wildman–Crippen MR) is 75.0 cm³/mol. The number of primary amides is 1. The summed E-state index contributed by atoms with van der Waals surface area (Å²) in [5.41, 5.74) is 4.98. The van der Waals surface area contributed by atoms with Crippen molar-refractivity contribution in [1.82, 2.24) is 10.6 Å². The lowest BCUT2D eigenvalue weighted by atomic mass is 9.94. The van der Waals surface area contributed by atoms with E-state index in [9.17, 15) is 14.4 Å². The maximum atomic E-state index is 11.5. The number of amides is 3. The van der Waals surface area contributed by atoms with E-state index in [-0.39, 0.29) is 24.8 Å². The SMILES string of the molecule is CC(C)CC(CNC(=O)NCCCC(N)=O)CC(=O)O. The van der Waals surface area contributed by atoms with Crippen molar-refractivity contribution in [3.63, 3.8) is 0 Å². The van der Waals surface area contributed by atoms with Crippen molar-refractivity contribution < 1.29 is 19.5 Å². The van der Waals surface area contributed by atoms with Crippen LogP contribution in [-0.2, 0) is 9.59 Å². The molecule has 1 atom stereocenters. The second-order valence-corrected chi connectivity index (χ2v) is 5.30. The van der Waals surface area contributed by atoms with E-state index in [2.05, 4.69) is 10.6 Å². The van der Waals surface area contributed by atoms with Crippen LogP contribution in [-0.4, -0.2) is 36.1 Å². The number of nitrogens with one attached hydrogen (secondary N) is 2. The zero-order valence-electron chi connectivity index (χ0n) is 12.1. The van der Waals surface area contributed by atoms with Crippen LogP contribution in [0.3, 0.4) is 0 Å². The normalized spacial score (nSPS) is 11.9. The molecule has 0 fully saturated rings. The van der Waals surface area contributed by atoms with Crippen LogP contribution in [0, 0.1) is 11.8 Å². The fourth-order valence-electron chi connectivity index (χ4n) is 1.92. The van der Waals surface area contributed by atoms with Gasteiger partial charge in [-0.3, -0.25) is 9.59 Å². The van der Waals surface area contributed by atoms with E-state index in [4.69, 9.17) is 10.8 Å². The van der Waals surface area contributed by atoms with Crippen molar-refractivity contribution in [1.29, 1.82) is 0 Å². The molecule has 0 radical (unpaired) electrons. The van der Waals surface area contributed by atoms with Gasteiger partial charge in [0, 0.05) is 25.9 Å². The molecule has 0 saturated heterocycles. The predicted octanol–water partition coefficient (Wildman–Crippen LogP) is 0.688. The summed E-state index contributed by atoms with van der Waals surface area (Å²) in [4.78, 5) is 32.7. The Balaban J connectivity index is 3.91. The number of carboxylic acids is 1. The first-order chi connectivity index (χ1) is 9.31. The van der Waals surface area contributed by atoms with Gasteiger partial charge in [-0.25, -0.2) is 4.79 Å². The van der Waals surface area contributed by atoms with Crippen molar-refractivity contribution in [3.8, 4) is 0 Å². The number of rotatable bonds is 10. The van der Waals surface area contributed by atoms with Gasteiger partial charge in [-0.15, -0.1) is 0 Å². The highest BCUT2D eigenvalue weighted by Gasteiger charge is 2.15. The number of hydrogen-bond acceptors (Lipinski definition) is 3. The van der Waals surface area contributed by atoms with Crippen LogP contribution in [0.5, 0.6) is 0 Å². The summed E-state index contributed by atoms with van der Waals surface area (Å²) >= 11 is 0. The van der Waals surface area contributed by atoms with Gasteiger partial charge < -0.3 is 21.5 Å². The summed E-state index contributed by atoms with van der Waals surface area (Å²) < 4.78 is 0. The minimum absolute atomic E-state index is 0.0418. The van der Waals surface area contributed by atoms with Crippen LogP contribution in [0.25, 0.3) is 0 Å². The van der Waals surface area contributed by atoms with Gasteiger partial charge in [0.1, 0.15) is 0 Å². The van der Waals surface area contributed by atoms with E-state index < -0.39 is 11.9 Å². The number of nitrogens with two attached hydrogens (primary N) is 1. The van der Waals surface area contributed by atoms with Crippen molar-refractivity contribution in [2.24, 2.45) is 17.6 Å². The Labute approximate surface area is 119 Å².